The lowest BCUT2D eigenvalue weighted by Crippen LogP contribution is -2.41. The molecule has 156 valence electrons. The summed E-state index contributed by atoms with van der Waals surface area (Å²) in [7, 11) is -3.22. The van der Waals surface area contributed by atoms with E-state index in [1.807, 2.05) is 18.4 Å². The highest BCUT2D eigenvalue weighted by molar-refractivity contribution is 14.0. The molecule has 1 fully saturated rings. The van der Waals surface area contributed by atoms with Crippen molar-refractivity contribution >= 4 is 51.7 Å². The molecule has 1 aliphatic heterocycles. The minimum Gasteiger partial charge on any atom is -0.357 e. The molecule has 0 aromatic carbocycles. The second kappa shape index (κ2) is 12.8. The highest BCUT2D eigenvalue weighted by Crippen LogP contribution is 2.13. The molecule has 1 saturated heterocycles. The number of aliphatic imine (C=N–C) groups is 1. The molecule has 0 unspecified atom stereocenters. The third-order valence-corrected chi connectivity index (χ3v) is 6.78. The predicted octanol–water partition coefficient (Wildman–Crippen LogP) is 0.392. The third kappa shape index (κ3) is 8.11. The molecule has 0 amide bonds. The zero-order valence-corrected chi connectivity index (χ0v) is 19.9. The van der Waals surface area contributed by atoms with Crippen molar-refractivity contribution in [2.45, 2.75) is 26.8 Å². The monoisotopic (exact) mass is 531 g/mol. The Morgan fingerprint density at radius 3 is 2.70 bits per heavy atom. The van der Waals surface area contributed by atoms with Gasteiger partial charge in [0, 0.05) is 50.7 Å². The lowest BCUT2D eigenvalue weighted by Gasteiger charge is -2.25. The van der Waals surface area contributed by atoms with Crippen molar-refractivity contribution in [1.29, 1.82) is 0 Å². The smallest absolute Gasteiger partial charge is 0.215 e. The highest BCUT2D eigenvalue weighted by atomic mass is 127. The van der Waals surface area contributed by atoms with E-state index >= 15 is 0 Å². The van der Waals surface area contributed by atoms with Crippen LogP contribution in [0.3, 0.4) is 0 Å². The van der Waals surface area contributed by atoms with E-state index < -0.39 is 10.0 Å². The summed E-state index contributed by atoms with van der Waals surface area (Å²) < 4.78 is 28.3. The number of aromatic nitrogens is 3. The van der Waals surface area contributed by atoms with Gasteiger partial charge in [0.15, 0.2) is 5.96 Å². The summed E-state index contributed by atoms with van der Waals surface area (Å²) in [6.45, 7) is 7.58. The maximum atomic E-state index is 12.4. The molecule has 2 N–H and O–H groups in total. The number of guanidine groups is 1. The molecule has 1 aromatic heterocycles. The maximum Gasteiger partial charge on any atom is 0.215 e. The van der Waals surface area contributed by atoms with Gasteiger partial charge in [-0.1, -0.05) is 6.92 Å². The van der Waals surface area contributed by atoms with Gasteiger partial charge in [-0.05, 0) is 6.92 Å². The molecule has 0 bridgehead atoms. The Bertz CT molecular complexity index is 675. The Labute approximate surface area is 183 Å². The largest absolute Gasteiger partial charge is 0.357 e. The molecule has 2 rings (SSSR count). The van der Waals surface area contributed by atoms with Gasteiger partial charge in [-0.15, -0.1) is 34.2 Å². The van der Waals surface area contributed by atoms with E-state index in [-0.39, 0.29) is 36.3 Å². The van der Waals surface area contributed by atoms with Crippen LogP contribution in [-0.2, 0) is 23.0 Å². The Hall–Kier alpha value is -0.600. The first-order valence-corrected chi connectivity index (χ1v) is 11.8. The Morgan fingerprint density at radius 1 is 1.30 bits per heavy atom. The topological polar surface area (TPSA) is 105 Å². The third-order valence-electron chi connectivity index (χ3n) is 3.98. The summed E-state index contributed by atoms with van der Waals surface area (Å²) in [6, 6.07) is 0. The van der Waals surface area contributed by atoms with Gasteiger partial charge in [0.2, 0.25) is 10.0 Å². The van der Waals surface area contributed by atoms with Crippen LogP contribution in [0.15, 0.2) is 11.3 Å². The van der Waals surface area contributed by atoms with Gasteiger partial charge in [0.1, 0.15) is 12.2 Å². The first kappa shape index (κ1) is 24.4. The van der Waals surface area contributed by atoms with Crippen LogP contribution in [0.2, 0.25) is 0 Å². The first-order chi connectivity index (χ1) is 12.6. The first-order valence-electron chi connectivity index (χ1n) is 9.01. The summed E-state index contributed by atoms with van der Waals surface area (Å²) in [5.74, 6) is 3.35. The van der Waals surface area contributed by atoms with Gasteiger partial charge >= 0.3 is 0 Å². The van der Waals surface area contributed by atoms with Crippen molar-refractivity contribution in [3.05, 3.63) is 12.2 Å². The summed E-state index contributed by atoms with van der Waals surface area (Å²) in [4.78, 5) is 4.40. The van der Waals surface area contributed by atoms with Gasteiger partial charge in [-0.25, -0.2) is 12.7 Å². The number of nitrogens with one attached hydrogen (secondary N) is 2. The van der Waals surface area contributed by atoms with Crippen molar-refractivity contribution in [3.8, 4) is 0 Å². The molecule has 12 heteroatoms. The summed E-state index contributed by atoms with van der Waals surface area (Å²) in [5, 5.41) is 14.3. The highest BCUT2D eigenvalue weighted by Gasteiger charge is 2.23. The Morgan fingerprint density at radius 2 is 2.04 bits per heavy atom. The lowest BCUT2D eigenvalue weighted by atomic mass is 10.4. The van der Waals surface area contributed by atoms with Crippen LogP contribution in [0, 0.1) is 0 Å². The number of rotatable bonds is 9. The fourth-order valence-electron chi connectivity index (χ4n) is 2.60. The number of sulfonamides is 1. The van der Waals surface area contributed by atoms with Crippen molar-refractivity contribution in [2.24, 2.45) is 4.99 Å². The number of thioether (sulfide) groups is 1. The second-order valence-electron chi connectivity index (χ2n) is 5.81. The van der Waals surface area contributed by atoms with Crippen molar-refractivity contribution < 1.29 is 8.42 Å². The van der Waals surface area contributed by atoms with E-state index in [2.05, 4.69) is 25.8 Å². The molecule has 0 atom stereocenters. The van der Waals surface area contributed by atoms with Crippen LogP contribution in [-0.4, -0.2) is 83.4 Å². The Kier molecular flexibility index (Phi) is 11.6. The molecular weight excluding hydrogens is 501 g/mol. The lowest BCUT2D eigenvalue weighted by molar-refractivity contribution is 0.444. The Balaban J connectivity index is 0.00000364. The standard InChI is InChI=1S/C15H29N7O2S2.HI/c1-3-14-20-19-13-21(14)7-5-17-15(16-4-2)18-6-12-26(23,24)22-8-10-25-11-9-22;/h13H,3-12H2,1-2H3,(H2,16,17,18);1H. The van der Waals surface area contributed by atoms with Crippen LogP contribution in [0.4, 0.5) is 0 Å². The zero-order chi connectivity index (χ0) is 18.8. The van der Waals surface area contributed by atoms with Gasteiger partial charge in [-0.3, -0.25) is 4.99 Å². The predicted molar refractivity (Wildman–Crippen MR) is 121 cm³/mol. The number of aryl methyl sites for hydroxylation is 1. The fourth-order valence-corrected chi connectivity index (χ4v) is 5.06. The number of hydrogen-bond acceptors (Lipinski definition) is 6. The van der Waals surface area contributed by atoms with E-state index in [1.165, 1.54) is 0 Å². The molecule has 0 spiro atoms. The van der Waals surface area contributed by atoms with E-state index in [1.54, 1.807) is 22.4 Å². The number of halogens is 1. The van der Waals surface area contributed by atoms with Crippen LogP contribution < -0.4 is 10.6 Å². The van der Waals surface area contributed by atoms with Crippen LogP contribution >= 0.6 is 35.7 Å². The normalized spacial score (nSPS) is 16.0. The maximum absolute atomic E-state index is 12.4. The van der Waals surface area contributed by atoms with Gasteiger partial charge in [0.25, 0.3) is 0 Å². The quantitative estimate of drug-likeness (QED) is 0.270. The SMILES string of the molecule is CCNC(=NCCS(=O)(=O)N1CCSCC1)NCCn1cnnc1CC.I. The summed E-state index contributed by atoms with van der Waals surface area (Å²) in [5.41, 5.74) is 0. The molecule has 9 nitrogen and oxygen atoms in total. The van der Waals surface area contributed by atoms with E-state index in [9.17, 15) is 8.42 Å². The van der Waals surface area contributed by atoms with Crippen molar-refractivity contribution in [3.63, 3.8) is 0 Å². The number of nitrogens with zero attached hydrogens (tertiary/aromatic N) is 5. The minimum absolute atomic E-state index is 0. The zero-order valence-electron chi connectivity index (χ0n) is 15.9. The van der Waals surface area contributed by atoms with Crippen LogP contribution in [0.25, 0.3) is 0 Å². The van der Waals surface area contributed by atoms with E-state index in [0.717, 1.165) is 36.8 Å². The summed E-state index contributed by atoms with van der Waals surface area (Å²) in [6.07, 6.45) is 2.55. The molecule has 0 saturated carbocycles. The number of hydrogen-bond donors (Lipinski definition) is 2. The summed E-state index contributed by atoms with van der Waals surface area (Å²) >= 11 is 1.80. The second-order valence-corrected chi connectivity index (χ2v) is 9.12. The van der Waals surface area contributed by atoms with Crippen molar-refractivity contribution in [2.75, 3.05) is 50.0 Å². The van der Waals surface area contributed by atoms with Crippen LogP contribution in [0.1, 0.15) is 19.7 Å². The van der Waals surface area contributed by atoms with Gasteiger partial charge in [0.05, 0.1) is 12.3 Å². The average molecular weight is 531 g/mol. The molecule has 27 heavy (non-hydrogen) atoms. The minimum atomic E-state index is -3.22. The van der Waals surface area contributed by atoms with Crippen LogP contribution in [0.5, 0.6) is 0 Å². The average Bonchev–Trinajstić information content (AvgIpc) is 3.10. The molecule has 0 aliphatic carbocycles. The fraction of sp³-hybridized carbons (Fsp3) is 0.800. The molecule has 1 aliphatic rings. The molecule has 2 heterocycles. The molecule has 1 aromatic rings. The molecular formula is C15H30IN7O2S2. The molecule has 0 radical (unpaired) electrons. The van der Waals surface area contributed by atoms with E-state index in [4.69, 9.17) is 0 Å². The van der Waals surface area contributed by atoms with Gasteiger partial charge in [-0.2, -0.15) is 11.8 Å². The van der Waals surface area contributed by atoms with Gasteiger partial charge < -0.3 is 15.2 Å². The van der Waals surface area contributed by atoms with E-state index in [0.29, 0.717) is 25.6 Å². The van der Waals surface area contributed by atoms with Crippen molar-refractivity contribution in [1.82, 2.24) is 29.7 Å².